The third-order valence-corrected chi connectivity index (χ3v) is 3.18. The van der Waals surface area contributed by atoms with Gasteiger partial charge in [-0.3, -0.25) is 9.48 Å². The lowest BCUT2D eigenvalue weighted by molar-refractivity contribution is -0.146. The fourth-order valence-electron chi connectivity index (χ4n) is 2.04. The molecule has 8 heteroatoms. The number of aromatic nitrogens is 2. The minimum Gasteiger partial charge on any atom is -0.507 e. The van der Waals surface area contributed by atoms with E-state index in [1.807, 2.05) is 0 Å². The van der Waals surface area contributed by atoms with Crippen LogP contribution in [0.15, 0.2) is 36.5 Å². The van der Waals surface area contributed by atoms with Crippen LogP contribution in [0.3, 0.4) is 0 Å². The van der Waals surface area contributed by atoms with E-state index in [0.717, 1.165) is 5.56 Å². The van der Waals surface area contributed by atoms with E-state index < -0.39 is 17.5 Å². The molecule has 0 atom stereocenters. The maximum absolute atomic E-state index is 12.9. The minimum absolute atomic E-state index is 0.219. The van der Waals surface area contributed by atoms with Gasteiger partial charge < -0.3 is 15.1 Å². The number of hydrogen-bond donors (Lipinski definition) is 2. The molecule has 1 aromatic carbocycles. The normalized spacial score (nSPS) is 11.4. The van der Waals surface area contributed by atoms with Crippen molar-refractivity contribution in [1.29, 1.82) is 0 Å². The summed E-state index contributed by atoms with van der Waals surface area (Å²) in [4.78, 5) is 23.4. The second-order valence-electron chi connectivity index (χ2n) is 5.28. The zero-order valence-corrected chi connectivity index (χ0v) is 13.1. The first-order chi connectivity index (χ1) is 11.3. The summed E-state index contributed by atoms with van der Waals surface area (Å²) < 4.78 is 14.4. The average molecular weight is 333 g/mol. The summed E-state index contributed by atoms with van der Waals surface area (Å²) in [7, 11) is 3.39. The first-order valence-corrected chi connectivity index (χ1v) is 6.95. The highest BCUT2D eigenvalue weighted by Gasteiger charge is 2.17. The second-order valence-corrected chi connectivity index (χ2v) is 5.28. The third-order valence-electron chi connectivity index (χ3n) is 3.18. The molecule has 0 spiro atoms. The summed E-state index contributed by atoms with van der Waals surface area (Å²) in [6.07, 6.45) is 2.12. The number of carbonyl (C=O) groups is 2. The maximum Gasteiger partial charge on any atom is 0.376 e. The third kappa shape index (κ3) is 3.97. The van der Waals surface area contributed by atoms with Gasteiger partial charge in [-0.15, -0.1) is 0 Å². The van der Waals surface area contributed by atoms with Crippen LogP contribution in [0.1, 0.15) is 11.1 Å². The number of aliphatic hydroxyl groups is 1. The molecule has 0 aliphatic carbocycles. The Labute approximate surface area is 137 Å². The fraction of sp³-hybridized carbons (Fsp3) is 0.188. The van der Waals surface area contributed by atoms with E-state index in [4.69, 9.17) is 5.11 Å². The lowest BCUT2D eigenvalue weighted by atomic mass is 10.2. The number of carbonyl (C=O) groups excluding carboxylic acids is 1. The molecule has 0 radical (unpaired) electrons. The Kier molecular flexibility index (Phi) is 4.98. The monoisotopic (exact) mass is 333 g/mol. The van der Waals surface area contributed by atoms with Crippen LogP contribution in [0.25, 0.3) is 5.76 Å². The summed E-state index contributed by atoms with van der Waals surface area (Å²) in [5.41, 5.74) is 1.01. The van der Waals surface area contributed by atoms with Gasteiger partial charge >= 0.3 is 5.97 Å². The molecule has 0 unspecified atom stereocenters. The molecular formula is C16H16FN3O4. The van der Waals surface area contributed by atoms with Crippen molar-refractivity contribution in [2.45, 2.75) is 6.54 Å². The Morgan fingerprint density at radius 1 is 1.25 bits per heavy atom. The molecule has 2 rings (SSSR count). The summed E-state index contributed by atoms with van der Waals surface area (Å²) in [6, 6.07) is 5.87. The van der Waals surface area contributed by atoms with E-state index in [1.165, 1.54) is 23.0 Å². The summed E-state index contributed by atoms with van der Waals surface area (Å²) in [5, 5.41) is 22.9. The van der Waals surface area contributed by atoms with Gasteiger partial charge in [-0.05, 0) is 17.7 Å². The van der Waals surface area contributed by atoms with Gasteiger partial charge in [0.1, 0.15) is 11.6 Å². The van der Waals surface area contributed by atoms with Crippen molar-refractivity contribution in [3.8, 4) is 0 Å². The molecule has 0 fully saturated rings. The number of aliphatic hydroxyl groups excluding tert-OH is 1. The van der Waals surface area contributed by atoms with Gasteiger partial charge in [-0.1, -0.05) is 12.1 Å². The topological polar surface area (TPSA) is 95.7 Å². The number of carboxylic acid groups (broad SMARTS) is 1. The minimum atomic E-state index is -1.66. The van der Waals surface area contributed by atoms with Crippen LogP contribution < -0.4 is 4.90 Å². The average Bonchev–Trinajstić information content (AvgIpc) is 2.93. The molecule has 0 aliphatic heterocycles. The van der Waals surface area contributed by atoms with Crippen molar-refractivity contribution in [3.63, 3.8) is 0 Å². The van der Waals surface area contributed by atoms with Crippen LogP contribution in [-0.2, 0) is 16.1 Å². The van der Waals surface area contributed by atoms with Gasteiger partial charge in [0.2, 0.25) is 0 Å². The van der Waals surface area contributed by atoms with Gasteiger partial charge in [-0.2, -0.15) is 5.10 Å². The molecule has 7 nitrogen and oxygen atoms in total. The van der Waals surface area contributed by atoms with Crippen LogP contribution in [-0.4, -0.2) is 45.8 Å². The number of ketones is 1. The molecule has 0 bridgehead atoms. The van der Waals surface area contributed by atoms with E-state index in [-0.39, 0.29) is 11.4 Å². The zero-order valence-electron chi connectivity index (χ0n) is 13.1. The lowest BCUT2D eigenvalue weighted by Gasteiger charge is -2.10. The van der Waals surface area contributed by atoms with Crippen LogP contribution >= 0.6 is 0 Å². The standard InChI is InChI=1S/C16H16FN3O4/c1-19(2)15-12(13(21)7-14(22)16(23)24)9-20(18-15)8-10-3-5-11(17)6-4-10/h3-7,9,21H,8H2,1-2H3,(H,23,24). The number of halogens is 1. The first kappa shape index (κ1) is 17.2. The second kappa shape index (κ2) is 6.95. The summed E-state index contributed by atoms with van der Waals surface area (Å²) >= 11 is 0. The Balaban J connectivity index is 2.34. The Hall–Kier alpha value is -3.16. The number of rotatable bonds is 6. The molecule has 2 N–H and O–H groups in total. The first-order valence-electron chi connectivity index (χ1n) is 6.95. The van der Waals surface area contributed by atoms with Gasteiger partial charge in [0, 0.05) is 26.4 Å². The molecule has 126 valence electrons. The van der Waals surface area contributed by atoms with E-state index in [1.54, 1.807) is 31.1 Å². The molecule has 1 heterocycles. The molecule has 24 heavy (non-hydrogen) atoms. The molecule has 0 saturated carbocycles. The Morgan fingerprint density at radius 3 is 2.42 bits per heavy atom. The van der Waals surface area contributed by atoms with Crippen molar-refractivity contribution < 1.29 is 24.2 Å². The highest BCUT2D eigenvalue weighted by Crippen LogP contribution is 2.23. The molecule has 1 aromatic heterocycles. The highest BCUT2D eigenvalue weighted by atomic mass is 19.1. The van der Waals surface area contributed by atoms with Gasteiger partial charge in [-0.25, -0.2) is 9.18 Å². The van der Waals surface area contributed by atoms with E-state index in [2.05, 4.69) is 5.10 Å². The van der Waals surface area contributed by atoms with Crippen molar-refractivity contribution >= 4 is 23.3 Å². The number of carboxylic acids is 1. The predicted molar refractivity (Wildman–Crippen MR) is 85.3 cm³/mol. The van der Waals surface area contributed by atoms with Crippen LogP contribution in [0, 0.1) is 5.82 Å². The zero-order chi connectivity index (χ0) is 17.9. The van der Waals surface area contributed by atoms with Gasteiger partial charge in [0.15, 0.2) is 5.82 Å². The Bertz CT molecular complexity index is 794. The smallest absolute Gasteiger partial charge is 0.376 e. The van der Waals surface area contributed by atoms with E-state index >= 15 is 0 Å². The molecule has 0 amide bonds. The predicted octanol–water partition coefficient (Wildman–Crippen LogP) is 1.69. The van der Waals surface area contributed by atoms with Crippen molar-refractivity contribution in [2.24, 2.45) is 0 Å². The maximum atomic E-state index is 12.9. The van der Waals surface area contributed by atoms with Crippen molar-refractivity contribution in [3.05, 3.63) is 53.5 Å². The number of anilines is 1. The molecule has 0 saturated heterocycles. The van der Waals surface area contributed by atoms with Crippen LogP contribution in [0.5, 0.6) is 0 Å². The lowest BCUT2D eigenvalue weighted by Crippen LogP contribution is -2.13. The van der Waals surface area contributed by atoms with Gasteiger partial charge in [0.05, 0.1) is 12.1 Å². The molecule has 2 aromatic rings. The van der Waals surface area contributed by atoms with Crippen molar-refractivity contribution in [1.82, 2.24) is 9.78 Å². The van der Waals surface area contributed by atoms with Crippen LogP contribution in [0.4, 0.5) is 10.2 Å². The number of benzene rings is 1. The molecule has 0 aliphatic rings. The largest absolute Gasteiger partial charge is 0.507 e. The van der Waals surface area contributed by atoms with E-state index in [9.17, 15) is 19.1 Å². The highest BCUT2D eigenvalue weighted by molar-refractivity contribution is 6.38. The van der Waals surface area contributed by atoms with E-state index in [0.29, 0.717) is 18.4 Å². The number of nitrogens with zero attached hydrogens (tertiary/aromatic N) is 3. The van der Waals surface area contributed by atoms with Crippen LogP contribution in [0.2, 0.25) is 0 Å². The molecular weight excluding hydrogens is 317 g/mol. The summed E-state index contributed by atoms with van der Waals surface area (Å²) in [5.74, 6) is -3.36. The SMILES string of the molecule is CN(C)c1nn(Cc2ccc(F)cc2)cc1C(O)=CC(=O)C(=O)O. The fourth-order valence-corrected chi connectivity index (χ4v) is 2.04. The summed E-state index contributed by atoms with van der Waals surface area (Å²) in [6.45, 7) is 0.321. The number of hydrogen-bond acceptors (Lipinski definition) is 5. The van der Waals surface area contributed by atoms with Crippen molar-refractivity contribution in [2.75, 3.05) is 19.0 Å². The quantitative estimate of drug-likeness (QED) is 0.474. The Morgan fingerprint density at radius 2 is 1.88 bits per heavy atom. The van der Waals surface area contributed by atoms with Gasteiger partial charge in [0.25, 0.3) is 5.78 Å². The number of aliphatic carboxylic acids is 1.